The number of rotatable bonds is 6. The second-order valence-electron chi connectivity index (χ2n) is 4.62. The van der Waals surface area contributed by atoms with Gasteiger partial charge >= 0.3 is 5.97 Å². The summed E-state index contributed by atoms with van der Waals surface area (Å²) in [6.07, 6.45) is 3.65. The van der Waals surface area contributed by atoms with Crippen molar-refractivity contribution in [1.29, 1.82) is 0 Å². The van der Waals surface area contributed by atoms with Gasteiger partial charge in [0.15, 0.2) is 0 Å². The minimum absolute atomic E-state index is 0.255. The predicted molar refractivity (Wildman–Crippen MR) is 77.0 cm³/mol. The minimum atomic E-state index is -0.942. The second-order valence-corrected chi connectivity index (χ2v) is 5.03. The van der Waals surface area contributed by atoms with E-state index in [4.69, 9.17) is 16.7 Å². The molecule has 0 saturated carbocycles. The summed E-state index contributed by atoms with van der Waals surface area (Å²) < 4.78 is 1.85. The Kier molecular flexibility index (Phi) is 4.76. The molecule has 6 heteroatoms. The van der Waals surface area contributed by atoms with E-state index < -0.39 is 5.97 Å². The summed E-state index contributed by atoms with van der Waals surface area (Å²) in [4.78, 5) is 13.0. The van der Waals surface area contributed by atoms with Gasteiger partial charge in [-0.3, -0.25) is 4.68 Å². The van der Waals surface area contributed by atoms with Crippen molar-refractivity contribution in [3.63, 3.8) is 0 Å². The zero-order chi connectivity index (χ0) is 14.5. The quantitative estimate of drug-likeness (QED) is 0.888. The van der Waals surface area contributed by atoms with Crippen LogP contribution in [0.25, 0.3) is 0 Å². The van der Waals surface area contributed by atoms with Gasteiger partial charge in [0.2, 0.25) is 0 Å². The third-order valence-corrected chi connectivity index (χ3v) is 3.37. The summed E-state index contributed by atoms with van der Waals surface area (Å²) in [5.74, 6) is -0.942. The van der Waals surface area contributed by atoms with Gasteiger partial charge in [-0.1, -0.05) is 11.6 Å². The molecule has 2 aromatic rings. The van der Waals surface area contributed by atoms with Crippen LogP contribution in [0.2, 0.25) is 5.02 Å². The van der Waals surface area contributed by atoms with Crippen LogP contribution in [-0.2, 0) is 13.1 Å². The van der Waals surface area contributed by atoms with Crippen molar-refractivity contribution in [3.8, 4) is 0 Å². The van der Waals surface area contributed by atoms with Crippen LogP contribution >= 0.6 is 11.6 Å². The van der Waals surface area contributed by atoms with Crippen molar-refractivity contribution in [2.24, 2.45) is 0 Å². The molecular weight excluding hydrogens is 278 g/mol. The highest BCUT2D eigenvalue weighted by atomic mass is 35.5. The van der Waals surface area contributed by atoms with Crippen LogP contribution in [0.1, 0.15) is 15.9 Å². The van der Waals surface area contributed by atoms with Gasteiger partial charge in [0, 0.05) is 30.5 Å². The number of carboxylic acids is 1. The molecule has 5 nitrogen and oxygen atoms in total. The second kappa shape index (κ2) is 6.54. The molecule has 20 heavy (non-hydrogen) atoms. The molecule has 0 saturated heterocycles. The topological polar surface area (TPSA) is 58.4 Å². The Bertz CT molecular complexity index is 584. The first-order chi connectivity index (χ1) is 9.56. The van der Waals surface area contributed by atoms with E-state index in [9.17, 15) is 4.79 Å². The van der Waals surface area contributed by atoms with Crippen molar-refractivity contribution in [3.05, 3.63) is 52.8 Å². The molecule has 0 atom stereocenters. The van der Waals surface area contributed by atoms with Crippen molar-refractivity contribution < 1.29 is 9.90 Å². The smallest absolute Gasteiger partial charge is 0.335 e. The largest absolute Gasteiger partial charge is 0.478 e. The zero-order valence-corrected chi connectivity index (χ0v) is 11.9. The van der Waals surface area contributed by atoms with Crippen molar-refractivity contribution in [2.75, 3.05) is 13.6 Å². The van der Waals surface area contributed by atoms with Gasteiger partial charge in [0.05, 0.1) is 12.1 Å². The lowest BCUT2D eigenvalue weighted by atomic mass is 10.1. The highest BCUT2D eigenvalue weighted by Crippen LogP contribution is 2.19. The zero-order valence-electron chi connectivity index (χ0n) is 11.2. The van der Waals surface area contributed by atoms with Crippen LogP contribution in [0, 0.1) is 0 Å². The van der Waals surface area contributed by atoms with Gasteiger partial charge in [-0.15, -0.1) is 0 Å². The molecule has 106 valence electrons. The monoisotopic (exact) mass is 293 g/mol. The molecule has 0 spiro atoms. The van der Waals surface area contributed by atoms with E-state index >= 15 is 0 Å². The van der Waals surface area contributed by atoms with Crippen molar-refractivity contribution >= 4 is 17.6 Å². The van der Waals surface area contributed by atoms with Crippen LogP contribution in [0.5, 0.6) is 0 Å². The third-order valence-electron chi connectivity index (χ3n) is 3.00. The van der Waals surface area contributed by atoms with Gasteiger partial charge in [0.1, 0.15) is 0 Å². The predicted octanol–water partition coefficient (Wildman–Crippen LogP) is 2.37. The molecule has 1 aromatic carbocycles. The summed E-state index contributed by atoms with van der Waals surface area (Å²) >= 11 is 6.11. The fourth-order valence-electron chi connectivity index (χ4n) is 1.90. The number of carbonyl (C=O) groups is 1. The molecule has 1 N–H and O–H groups in total. The first-order valence-corrected chi connectivity index (χ1v) is 6.62. The Morgan fingerprint density at radius 1 is 1.50 bits per heavy atom. The van der Waals surface area contributed by atoms with E-state index in [1.807, 2.05) is 24.0 Å². The van der Waals surface area contributed by atoms with Crippen molar-refractivity contribution in [2.45, 2.75) is 13.1 Å². The molecule has 0 fully saturated rings. The van der Waals surface area contributed by atoms with E-state index in [0.717, 1.165) is 18.7 Å². The van der Waals surface area contributed by atoms with E-state index in [0.29, 0.717) is 11.6 Å². The lowest BCUT2D eigenvalue weighted by Gasteiger charge is -2.17. The molecular formula is C14H16ClN3O2. The minimum Gasteiger partial charge on any atom is -0.478 e. The number of benzene rings is 1. The standard InChI is InChI=1S/C14H16ClN3O2/c1-17(7-8-18-6-2-5-16-18)10-12-9-11(14(19)20)3-4-13(12)15/h2-6,9H,7-8,10H2,1H3,(H,19,20). The molecule has 0 aliphatic carbocycles. The molecule has 0 bridgehead atoms. The van der Waals surface area contributed by atoms with Gasteiger partial charge in [-0.25, -0.2) is 4.79 Å². The number of aromatic carboxylic acids is 1. The van der Waals surface area contributed by atoms with Gasteiger partial charge < -0.3 is 10.0 Å². The Balaban J connectivity index is 1.98. The molecule has 0 unspecified atom stereocenters. The van der Waals surface area contributed by atoms with Crippen molar-refractivity contribution in [1.82, 2.24) is 14.7 Å². The third kappa shape index (κ3) is 3.82. The maximum atomic E-state index is 11.0. The fourth-order valence-corrected chi connectivity index (χ4v) is 2.08. The number of aromatic nitrogens is 2. The molecule has 0 aliphatic rings. The number of halogens is 1. The van der Waals surface area contributed by atoms with E-state index in [1.165, 1.54) is 6.07 Å². The van der Waals surface area contributed by atoms with E-state index in [2.05, 4.69) is 10.00 Å². The lowest BCUT2D eigenvalue weighted by Crippen LogP contribution is -2.23. The number of likely N-dealkylation sites (N-methyl/N-ethyl adjacent to an activating group) is 1. The Labute approximate surface area is 122 Å². The summed E-state index contributed by atoms with van der Waals surface area (Å²) in [6.45, 7) is 2.18. The summed E-state index contributed by atoms with van der Waals surface area (Å²) in [6, 6.07) is 6.64. The normalized spacial score (nSPS) is 10.9. The fraction of sp³-hybridized carbons (Fsp3) is 0.286. The average Bonchev–Trinajstić information content (AvgIpc) is 2.92. The number of hydrogen-bond donors (Lipinski definition) is 1. The molecule has 2 rings (SSSR count). The maximum Gasteiger partial charge on any atom is 0.335 e. The van der Waals surface area contributed by atoms with Crippen LogP contribution < -0.4 is 0 Å². The Hall–Kier alpha value is -1.85. The highest BCUT2D eigenvalue weighted by molar-refractivity contribution is 6.31. The van der Waals surface area contributed by atoms with Crippen LogP contribution in [0.15, 0.2) is 36.7 Å². The van der Waals surface area contributed by atoms with Gasteiger partial charge in [-0.2, -0.15) is 5.10 Å². The van der Waals surface area contributed by atoms with Crippen LogP contribution in [-0.4, -0.2) is 39.3 Å². The van der Waals surface area contributed by atoms with Crippen LogP contribution in [0.3, 0.4) is 0 Å². The average molecular weight is 294 g/mol. The summed E-state index contributed by atoms with van der Waals surface area (Å²) in [5, 5.41) is 13.7. The molecule has 1 heterocycles. The first kappa shape index (κ1) is 14.6. The lowest BCUT2D eigenvalue weighted by molar-refractivity contribution is 0.0696. The molecule has 0 radical (unpaired) electrons. The molecule has 0 amide bonds. The number of carboxylic acid groups (broad SMARTS) is 1. The Morgan fingerprint density at radius 3 is 2.95 bits per heavy atom. The molecule has 0 aliphatic heterocycles. The van der Waals surface area contributed by atoms with Crippen LogP contribution in [0.4, 0.5) is 0 Å². The summed E-state index contributed by atoms with van der Waals surface area (Å²) in [5.41, 5.74) is 1.07. The Morgan fingerprint density at radius 2 is 2.30 bits per heavy atom. The van der Waals surface area contributed by atoms with E-state index in [-0.39, 0.29) is 5.56 Å². The first-order valence-electron chi connectivity index (χ1n) is 6.24. The van der Waals surface area contributed by atoms with E-state index in [1.54, 1.807) is 18.3 Å². The summed E-state index contributed by atoms with van der Waals surface area (Å²) in [7, 11) is 1.97. The van der Waals surface area contributed by atoms with Gasteiger partial charge in [-0.05, 0) is 36.9 Å². The molecule has 1 aromatic heterocycles. The maximum absolute atomic E-state index is 11.0. The number of nitrogens with zero attached hydrogens (tertiary/aromatic N) is 3. The number of hydrogen-bond acceptors (Lipinski definition) is 3. The highest BCUT2D eigenvalue weighted by Gasteiger charge is 2.09. The SMILES string of the molecule is CN(CCn1cccn1)Cc1cc(C(=O)O)ccc1Cl. The van der Waals surface area contributed by atoms with Gasteiger partial charge in [0.25, 0.3) is 0 Å².